The van der Waals surface area contributed by atoms with E-state index in [2.05, 4.69) is 4.98 Å². The van der Waals surface area contributed by atoms with Crippen molar-refractivity contribution >= 4 is 17.5 Å². The van der Waals surface area contributed by atoms with Crippen molar-refractivity contribution in [1.82, 2.24) is 14.5 Å². The highest BCUT2D eigenvalue weighted by Gasteiger charge is 2.30. The molecule has 0 atom stereocenters. The predicted molar refractivity (Wildman–Crippen MR) is 102 cm³/mol. The summed E-state index contributed by atoms with van der Waals surface area (Å²) in [6.45, 7) is 0.625. The maximum Gasteiger partial charge on any atom is 0.274 e. The molecule has 28 heavy (non-hydrogen) atoms. The zero-order valence-corrected chi connectivity index (χ0v) is 15.4. The first-order chi connectivity index (χ1) is 13.5. The third-order valence-electron chi connectivity index (χ3n) is 4.69. The highest BCUT2D eigenvalue weighted by molar-refractivity contribution is 6.30. The Bertz CT molecular complexity index is 1130. The van der Waals surface area contributed by atoms with Gasteiger partial charge in [0.05, 0.1) is 16.3 Å². The van der Waals surface area contributed by atoms with Crippen LogP contribution in [0.2, 0.25) is 5.02 Å². The molecule has 0 saturated heterocycles. The smallest absolute Gasteiger partial charge is 0.274 e. The monoisotopic (exact) mass is 399 g/mol. The van der Waals surface area contributed by atoms with Gasteiger partial charge >= 0.3 is 0 Å². The fourth-order valence-electron chi connectivity index (χ4n) is 3.26. The summed E-state index contributed by atoms with van der Waals surface area (Å²) in [5.74, 6) is -1.77. The second-order valence-corrected chi connectivity index (χ2v) is 6.82. The first-order valence-electron chi connectivity index (χ1n) is 8.57. The molecule has 3 aromatic rings. The Kier molecular flexibility index (Phi) is 4.60. The summed E-state index contributed by atoms with van der Waals surface area (Å²) in [4.78, 5) is 31.0. The van der Waals surface area contributed by atoms with Gasteiger partial charge in [-0.05, 0) is 18.2 Å². The molecular formula is C20H15ClFN3O3. The van der Waals surface area contributed by atoms with Gasteiger partial charge in [0.2, 0.25) is 5.43 Å². The van der Waals surface area contributed by atoms with Crippen molar-refractivity contribution in [3.63, 3.8) is 0 Å². The normalized spacial score (nSPS) is 13.5. The molecular weight excluding hydrogens is 385 g/mol. The number of carbonyl (C=O) groups is 1. The summed E-state index contributed by atoms with van der Waals surface area (Å²) in [6, 6.07) is 9.68. The summed E-state index contributed by atoms with van der Waals surface area (Å²) in [5, 5.41) is 10.4. The van der Waals surface area contributed by atoms with Crippen molar-refractivity contribution in [3.8, 4) is 17.0 Å². The SMILES string of the molecule is O=C1c2c(O)c(=O)c(-c3ccccn3)cn2CCN1Cc1cccc(Cl)c1F. The number of benzene rings is 1. The first-order valence-corrected chi connectivity index (χ1v) is 8.95. The minimum absolute atomic E-state index is 0.0130. The quantitative estimate of drug-likeness (QED) is 0.734. The molecule has 2 aromatic heterocycles. The lowest BCUT2D eigenvalue weighted by Gasteiger charge is -2.30. The fourth-order valence-corrected chi connectivity index (χ4v) is 3.46. The minimum Gasteiger partial charge on any atom is -0.503 e. The third kappa shape index (κ3) is 3.03. The number of nitrogens with zero attached hydrogens (tertiary/aromatic N) is 3. The van der Waals surface area contributed by atoms with Crippen molar-refractivity contribution in [2.24, 2.45) is 0 Å². The van der Waals surface area contributed by atoms with Gasteiger partial charge in [0.15, 0.2) is 11.4 Å². The van der Waals surface area contributed by atoms with Crippen LogP contribution >= 0.6 is 11.6 Å². The van der Waals surface area contributed by atoms with Crippen LogP contribution in [0.15, 0.2) is 53.6 Å². The average molecular weight is 400 g/mol. The van der Waals surface area contributed by atoms with E-state index in [9.17, 15) is 19.1 Å². The number of hydrogen-bond donors (Lipinski definition) is 1. The van der Waals surface area contributed by atoms with Crippen LogP contribution in [0.3, 0.4) is 0 Å². The van der Waals surface area contributed by atoms with Gasteiger partial charge in [-0.15, -0.1) is 0 Å². The molecule has 0 fully saturated rings. The van der Waals surface area contributed by atoms with Crippen LogP contribution in [-0.4, -0.2) is 32.0 Å². The topological polar surface area (TPSA) is 75.4 Å². The molecule has 0 bridgehead atoms. The predicted octanol–water partition coefficient (Wildman–Crippen LogP) is 3.06. The number of carbonyl (C=O) groups excluding carboxylic acids is 1. The maximum atomic E-state index is 14.2. The summed E-state index contributed by atoms with van der Waals surface area (Å²) in [7, 11) is 0. The molecule has 1 amide bonds. The van der Waals surface area contributed by atoms with Crippen LogP contribution in [-0.2, 0) is 13.1 Å². The lowest BCUT2D eigenvalue weighted by molar-refractivity contribution is 0.0681. The fraction of sp³-hybridized carbons (Fsp3) is 0.150. The third-order valence-corrected chi connectivity index (χ3v) is 4.98. The lowest BCUT2D eigenvalue weighted by atomic mass is 10.1. The highest BCUT2D eigenvalue weighted by atomic mass is 35.5. The zero-order valence-electron chi connectivity index (χ0n) is 14.6. The van der Waals surface area contributed by atoms with Gasteiger partial charge in [0.1, 0.15) is 5.82 Å². The Morgan fingerprint density at radius 1 is 1.14 bits per heavy atom. The summed E-state index contributed by atoms with van der Waals surface area (Å²) >= 11 is 5.80. The number of aromatic nitrogens is 2. The van der Waals surface area contributed by atoms with E-state index in [1.54, 1.807) is 36.5 Å². The van der Waals surface area contributed by atoms with Crippen molar-refractivity contribution in [2.75, 3.05) is 6.54 Å². The lowest BCUT2D eigenvalue weighted by Crippen LogP contribution is -2.41. The van der Waals surface area contributed by atoms with Crippen LogP contribution in [0.4, 0.5) is 4.39 Å². The van der Waals surface area contributed by atoms with E-state index >= 15 is 0 Å². The largest absolute Gasteiger partial charge is 0.503 e. The molecule has 4 rings (SSSR count). The number of rotatable bonds is 3. The highest BCUT2D eigenvalue weighted by Crippen LogP contribution is 2.26. The van der Waals surface area contributed by atoms with Gasteiger partial charge in [-0.2, -0.15) is 0 Å². The van der Waals surface area contributed by atoms with Crippen LogP contribution in [0.5, 0.6) is 5.75 Å². The van der Waals surface area contributed by atoms with Crippen LogP contribution in [0.1, 0.15) is 16.1 Å². The van der Waals surface area contributed by atoms with E-state index in [1.807, 2.05) is 0 Å². The van der Waals surface area contributed by atoms with E-state index in [-0.39, 0.29) is 28.4 Å². The molecule has 1 N–H and O–H groups in total. The molecule has 1 aliphatic heterocycles. The van der Waals surface area contributed by atoms with Gasteiger partial charge in [0, 0.05) is 37.6 Å². The van der Waals surface area contributed by atoms with Crippen LogP contribution in [0.25, 0.3) is 11.3 Å². The molecule has 8 heteroatoms. The maximum absolute atomic E-state index is 14.2. The Labute approximate surface area is 164 Å². The van der Waals surface area contributed by atoms with Crippen molar-refractivity contribution in [1.29, 1.82) is 0 Å². The van der Waals surface area contributed by atoms with E-state index in [4.69, 9.17) is 11.6 Å². The number of fused-ring (bicyclic) bond motifs is 1. The van der Waals surface area contributed by atoms with E-state index < -0.39 is 22.9 Å². The van der Waals surface area contributed by atoms with Gasteiger partial charge in [0.25, 0.3) is 5.91 Å². The van der Waals surface area contributed by atoms with Gasteiger partial charge in [-0.1, -0.05) is 29.8 Å². The van der Waals surface area contributed by atoms with Crippen LogP contribution in [0, 0.1) is 5.82 Å². The van der Waals surface area contributed by atoms with Gasteiger partial charge < -0.3 is 14.6 Å². The summed E-state index contributed by atoms with van der Waals surface area (Å²) in [5.41, 5.74) is 0.103. The number of aromatic hydroxyl groups is 1. The molecule has 1 aromatic carbocycles. The van der Waals surface area contributed by atoms with Crippen molar-refractivity contribution < 1.29 is 14.3 Å². The molecule has 1 aliphatic rings. The van der Waals surface area contributed by atoms with Crippen molar-refractivity contribution in [3.05, 3.63) is 81.1 Å². The number of hydrogen-bond acceptors (Lipinski definition) is 4. The Morgan fingerprint density at radius 2 is 1.96 bits per heavy atom. The minimum atomic E-state index is -0.672. The molecule has 3 heterocycles. The molecule has 0 radical (unpaired) electrons. The molecule has 142 valence electrons. The molecule has 0 spiro atoms. The zero-order chi connectivity index (χ0) is 19.8. The second-order valence-electron chi connectivity index (χ2n) is 6.42. The summed E-state index contributed by atoms with van der Waals surface area (Å²) in [6.07, 6.45) is 3.07. The molecule has 0 unspecified atom stereocenters. The molecule has 0 saturated carbocycles. The van der Waals surface area contributed by atoms with Crippen molar-refractivity contribution in [2.45, 2.75) is 13.1 Å². The van der Waals surface area contributed by atoms with Gasteiger partial charge in [-0.3, -0.25) is 14.6 Å². The van der Waals surface area contributed by atoms with E-state index in [0.717, 1.165) is 0 Å². The Balaban J connectivity index is 1.72. The molecule has 6 nitrogen and oxygen atoms in total. The summed E-state index contributed by atoms with van der Waals surface area (Å²) < 4.78 is 15.7. The Morgan fingerprint density at radius 3 is 2.71 bits per heavy atom. The second kappa shape index (κ2) is 7.09. The number of pyridine rings is 2. The number of amides is 1. The average Bonchev–Trinajstić information content (AvgIpc) is 2.70. The number of halogens is 2. The van der Waals surface area contributed by atoms with E-state index in [0.29, 0.717) is 18.8 Å². The standard InChI is InChI=1S/C20H15ClFN3O3/c21-14-5-3-4-12(16(14)22)10-25-9-8-24-11-13(15-6-1-2-7-23-15)18(26)19(27)17(24)20(25)28/h1-7,11,27H,8-10H2. The van der Waals surface area contributed by atoms with E-state index in [1.165, 1.54) is 21.7 Å². The van der Waals surface area contributed by atoms with Gasteiger partial charge in [-0.25, -0.2) is 4.39 Å². The van der Waals surface area contributed by atoms with Crippen LogP contribution < -0.4 is 5.43 Å². The molecule has 0 aliphatic carbocycles. The first kappa shape index (κ1) is 18.2. The Hall–Kier alpha value is -3.19.